The summed E-state index contributed by atoms with van der Waals surface area (Å²) >= 11 is 0. The molecule has 1 heterocycles. The Hall–Kier alpha value is -2.52. The lowest BCUT2D eigenvalue weighted by atomic mass is 10.0. The van der Waals surface area contributed by atoms with Crippen LogP contribution in [0.2, 0.25) is 0 Å². The number of carbonyl (C=O) groups excluding carboxylic acids is 2. The second-order valence-corrected chi connectivity index (χ2v) is 6.78. The van der Waals surface area contributed by atoms with E-state index in [2.05, 4.69) is 26.6 Å². The second kappa shape index (κ2) is 15.3. The van der Waals surface area contributed by atoms with Gasteiger partial charge in [-0.15, -0.1) is 37.2 Å². The van der Waals surface area contributed by atoms with E-state index in [0.29, 0.717) is 30.7 Å². The molecule has 8 nitrogen and oxygen atoms in total. The van der Waals surface area contributed by atoms with E-state index in [9.17, 15) is 9.59 Å². The normalized spacial score (nSPS) is 9.76. The molecule has 0 saturated carbocycles. The van der Waals surface area contributed by atoms with Crippen LogP contribution in [0.25, 0.3) is 21.8 Å². The van der Waals surface area contributed by atoms with E-state index in [1.807, 2.05) is 50.4 Å². The molecule has 3 rings (SSSR count). The number of benzene rings is 2. The quantitative estimate of drug-likeness (QED) is 0.221. The van der Waals surface area contributed by atoms with Gasteiger partial charge in [0.1, 0.15) is 0 Å². The Labute approximate surface area is 212 Å². The first kappa shape index (κ1) is 30.5. The van der Waals surface area contributed by atoms with Crippen LogP contribution in [0.3, 0.4) is 0 Å². The van der Waals surface area contributed by atoms with Crippen molar-refractivity contribution in [3.63, 3.8) is 0 Å². The minimum absolute atomic E-state index is 0. The fraction of sp³-hybridized carbons (Fsp3) is 0.318. The summed E-state index contributed by atoms with van der Waals surface area (Å²) in [5, 5.41) is 16.7. The number of nitrogens with one attached hydrogen (secondary N) is 5. The molecule has 5 N–H and O–H groups in total. The van der Waals surface area contributed by atoms with Crippen LogP contribution in [-0.4, -0.2) is 56.7 Å². The zero-order valence-electron chi connectivity index (χ0n) is 18.6. The molecule has 0 radical (unpaired) electrons. The van der Waals surface area contributed by atoms with Crippen molar-refractivity contribution in [2.24, 2.45) is 0 Å². The first-order chi connectivity index (χ1) is 14.7. The standard InChI is InChI=1S/C22H28N6O2.3ClH/c1-3-24-22(30)27-14-13-26-21(29)17-9-6-8-16-19(25-12-11-23-2)15-7-4-5-10-18(15)28-20(16)17;;;/h4-10,23H,3,11-14H2,1-2H3,(H,25,28)(H,26,29)(H2,24,27,30);3*1H. The maximum absolute atomic E-state index is 12.8. The molecule has 0 spiro atoms. The number of amides is 3. The lowest BCUT2D eigenvalue weighted by Crippen LogP contribution is -2.40. The molecule has 0 unspecified atom stereocenters. The number of pyridine rings is 1. The summed E-state index contributed by atoms with van der Waals surface area (Å²) in [6.45, 7) is 4.64. The van der Waals surface area contributed by atoms with E-state index in [1.54, 1.807) is 6.07 Å². The van der Waals surface area contributed by atoms with Crippen LogP contribution in [0.5, 0.6) is 0 Å². The van der Waals surface area contributed by atoms with Crippen LogP contribution in [0, 0.1) is 0 Å². The van der Waals surface area contributed by atoms with Crippen LogP contribution in [0.4, 0.5) is 10.5 Å². The number of rotatable bonds is 9. The van der Waals surface area contributed by atoms with Crippen molar-refractivity contribution in [3.8, 4) is 0 Å². The van der Waals surface area contributed by atoms with Crippen LogP contribution in [-0.2, 0) is 0 Å². The number of aromatic nitrogens is 1. The van der Waals surface area contributed by atoms with Crippen molar-refractivity contribution in [1.29, 1.82) is 0 Å². The Morgan fingerprint density at radius 2 is 1.52 bits per heavy atom. The second-order valence-electron chi connectivity index (χ2n) is 6.78. The largest absolute Gasteiger partial charge is 0.383 e. The fourth-order valence-electron chi connectivity index (χ4n) is 3.27. The number of para-hydroxylation sites is 2. The van der Waals surface area contributed by atoms with E-state index in [0.717, 1.165) is 35.1 Å². The molecule has 33 heavy (non-hydrogen) atoms. The number of hydrogen-bond acceptors (Lipinski definition) is 5. The molecule has 182 valence electrons. The lowest BCUT2D eigenvalue weighted by molar-refractivity contribution is 0.0955. The predicted octanol–water partition coefficient (Wildman–Crippen LogP) is 3.33. The van der Waals surface area contributed by atoms with Gasteiger partial charge in [0.05, 0.1) is 22.3 Å². The van der Waals surface area contributed by atoms with Crippen LogP contribution in [0.1, 0.15) is 17.3 Å². The summed E-state index contributed by atoms with van der Waals surface area (Å²) in [4.78, 5) is 29.0. The van der Waals surface area contributed by atoms with Crippen molar-refractivity contribution in [2.75, 3.05) is 45.1 Å². The first-order valence-corrected chi connectivity index (χ1v) is 10.2. The fourth-order valence-corrected chi connectivity index (χ4v) is 3.27. The topological polar surface area (TPSA) is 107 Å². The number of nitrogens with zero attached hydrogens (tertiary/aromatic N) is 1. The lowest BCUT2D eigenvalue weighted by Gasteiger charge is -2.15. The van der Waals surface area contributed by atoms with Gasteiger partial charge in [0, 0.05) is 43.5 Å². The van der Waals surface area contributed by atoms with E-state index in [4.69, 9.17) is 4.98 Å². The zero-order valence-corrected chi connectivity index (χ0v) is 21.0. The van der Waals surface area contributed by atoms with E-state index in [1.165, 1.54) is 0 Å². The number of fused-ring (bicyclic) bond motifs is 2. The van der Waals surface area contributed by atoms with Gasteiger partial charge in [0.25, 0.3) is 5.91 Å². The smallest absolute Gasteiger partial charge is 0.314 e. The van der Waals surface area contributed by atoms with Crippen LogP contribution >= 0.6 is 37.2 Å². The molecule has 1 aromatic heterocycles. The monoisotopic (exact) mass is 516 g/mol. The SMILES string of the molecule is CCNC(=O)NCCNC(=O)c1cccc2c(NCCNC)c3ccccc3nc12.Cl.Cl.Cl. The Morgan fingerprint density at radius 3 is 2.24 bits per heavy atom. The van der Waals surface area contributed by atoms with Gasteiger partial charge in [0.2, 0.25) is 0 Å². The summed E-state index contributed by atoms with van der Waals surface area (Å²) in [6, 6.07) is 13.3. The Balaban J connectivity index is 0.00000341. The van der Waals surface area contributed by atoms with Gasteiger partial charge in [-0.1, -0.05) is 30.3 Å². The van der Waals surface area contributed by atoms with Crippen molar-refractivity contribution < 1.29 is 9.59 Å². The maximum atomic E-state index is 12.8. The van der Waals surface area contributed by atoms with Gasteiger partial charge in [-0.3, -0.25) is 4.79 Å². The molecular formula is C22H31Cl3N6O2. The van der Waals surface area contributed by atoms with E-state index < -0.39 is 0 Å². The van der Waals surface area contributed by atoms with Gasteiger partial charge in [-0.05, 0) is 26.1 Å². The molecule has 0 aliphatic carbocycles. The van der Waals surface area contributed by atoms with Gasteiger partial charge >= 0.3 is 6.03 Å². The predicted molar refractivity (Wildman–Crippen MR) is 143 cm³/mol. The Bertz CT molecular complexity index is 1050. The first-order valence-electron chi connectivity index (χ1n) is 10.2. The molecule has 0 bridgehead atoms. The highest BCUT2D eigenvalue weighted by atomic mass is 35.5. The number of halogens is 3. The average Bonchev–Trinajstić information content (AvgIpc) is 2.76. The number of likely N-dealkylation sites (N-methyl/N-ethyl adjacent to an activating group) is 1. The Morgan fingerprint density at radius 1 is 0.818 bits per heavy atom. The van der Waals surface area contributed by atoms with Gasteiger partial charge in [-0.2, -0.15) is 0 Å². The number of urea groups is 1. The molecule has 0 fully saturated rings. The Kier molecular flexibility index (Phi) is 14.2. The molecule has 3 amide bonds. The third-order valence-corrected chi connectivity index (χ3v) is 4.67. The minimum Gasteiger partial charge on any atom is -0.383 e. The van der Waals surface area contributed by atoms with Crippen LogP contribution in [0.15, 0.2) is 42.5 Å². The average molecular weight is 518 g/mol. The number of anilines is 1. The summed E-state index contributed by atoms with van der Waals surface area (Å²) in [6.07, 6.45) is 0. The molecule has 11 heteroatoms. The van der Waals surface area contributed by atoms with Crippen LogP contribution < -0.4 is 26.6 Å². The third kappa shape index (κ3) is 7.78. The highest BCUT2D eigenvalue weighted by Crippen LogP contribution is 2.32. The molecule has 0 aliphatic rings. The number of carbonyl (C=O) groups is 2. The van der Waals surface area contributed by atoms with Crippen molar-refractivity contribution >= 4 is 76.7 Å². The van der Waals surface area contributed by atoms with Crippen molar-refractivity contribution in [3.05, 3.63) is 48.0 Å². The summed E-state index contributed by atoms with van der Waals surface area (Å²) in [5.41, 5.74) is 2.96. The third-order valence-electron chi connectivity index (χ3n) is 4.67. The molecular weight excluding hydrogens is 487 g/mol. The van der Waals surface area contributed by atoms with Gasteiger partial charge in [-0.25, -0.2) is 9.78 Å². The highest BCUT2D eigenvalue weighted by Gasteiger charge is 2.15. The molecule has 2 aromatic carbocycles. The van der Waals surface area contributed by atoms with Crippen molar-refractivity contribution in [1.82, 2.24) is 26.3 Å². The van der Waals surface area contributed by atoms with Gasteiger partial charge in [0.15, 0.2) is 0 Å². The van der Waals surface area contributed by atoms with E-state index >= 15 is 0 Å². The van der Waals surface area contributed by atoms with E-state index in [-0.39, 0.29) is 49.2 Å². The van der Waals surface area contributed by atoms with Gasteiger partial charge < -0.3 is 26.6 Å². The molecule has 0 saturated heterocycles. The summed E-state index contributed by atoms with van der Waals surface area (Å²) in [5.74, 6) is -0.220. The maximum Gasteiger partial charge on any atom is 0.314 e. The molecule has 3 aromatic rings. The molecule has 0 atom stereocenters. The minimum atomic E-state index is -0.248. The zero-order chi connectivity index (χ0) is 21.3. The van der Waals surface area contributed by atoms with Crippen molar-refractivity contribution in [2.45, 2.75) is 6.92 Å². The summed E-state index contributed by atoms with van der Waals surface area (Å²) in [7, 11) is 1.91. The highest BCUT2D eigenvalue weighted by molar-refractivity contribution is 6.14. The number of hydrogen-bond donors (Lipinski definition) is 5. The molecule has 0 aliphatic heterocycles. The summed E-state index contributed by atoms with van der Waals surface area (Å²) < 4.78 is 0.